The maximum atomic E-state index is 14.3. The number of rotatable bonds is 27. The molecule has 23 heteroatoms. The normalized spacial score (nSPS) is 13.5. The van der Waals surface area contributed by atoms with Gasteiger partial charge in [0.2, 0.25) is 35.4 Å². The second kappa shape index (κ2) is 27.8. The highest BCUT2D eigenvalue weighted by Gasteiger charge is 2.35. The zero-order chi connectivity index (χ0) is 52.0. The highest BCUT2D eigenvalue weighted by atomic mass is 16.3. The quantitative estimate of drug-likeness (QED) is 0.0141. The molecule has 6 atom stereocenters. The van der Waals surface area contributed by atoms with Crippen molar-refractivity contribution >= 4 is 64.2 Å². The average Bonchev–Trinajstić information content (AvgIpc) is 3.75. The second-order valence-corrected chi connectivity index (χ2v) is 17.3. The molecule has 0 unspecified atom stereocenters. The first kappa shape index (κ1) is 55.5. The van der Waals surface area contributed by atoms with Crippen molar-refractivity contribution in [1.29, 1.82) is 0 Å². The third-order valence-corrected chi connectivity index (χ3v) is 11.3. The van der Waals surface area contributed by atoms with Gasteiger partial charge in [0.25, 0.3) is 5.91 Å². The van der Waals surface area contributed by atoms with Crippen molar-refractivity contribution in [2.24, 2.45) is 33.8 Å². The minimum Gasteiger partial charge on any atom is -0.394 e. The largest absolute Gasteiger partial charge is 0.394 e. The predicted molar refractivity (Wildman–Crippen MR) is 265 cm³/mol. The molecular weight excluding hydrogens is 917 g/mol. The summed E-state index contributed by atoms with van der Waals surface area (Å²) in [6.07, 6.45) is 1.59. The fourth-order valence-corrected chi connectivity index (χ4v) is 7.59. The van der Waals surface area contributed by atoms with Crippen molar-refractivity contribution in [2.45, 2.75) is 95.2 Å². The molecule has 0 radical (unpaired) electrons. The summed E-state index contributed by atoms with van der Waals surface area (Å²) < 4.78 is 0. The van der Waals surface area contributed by atoms with Gasteiger partial charge in [0.15, 0.2) is 5.96 Å². The fourth-order valence-electron chi connectivity index (χ4n) is 7.59. The molecule has 4 aromatic rings. The number of aromatic amines is 1. The number of hydrazine groups is 1. The summed E-state index contributed by atoms with van der Waals surface area (Å²) in [6, 6.07) is 16.1. The molecule has 0 saturated carbocycles. The van der Waals surface area contributed by atoms with Crippen LogP contribution in [0.2, 0.25) is 0 Å². The number of guanidine groups is 1. The molecule has 0 bridgehead atoms. The summed E-state index contributed by atoms with van der Waals surface area (Å²) in [5.41, 5.74) is 29.6. The average molecular weight is 983 g/mol. The van der Waals surface area contributed by atoms with Crippen LogP contribution in [0.15, 0.2) is 96.1 Å². The number of urea groups is 1. The van der Waals surface area contributed by atoms with Gasteiger partial charge in [-0.3, -0.25) is 44.0 Å². The molecule has 4 rings (SSSR count). The zero-order valence-electron chi connectivity index (χ0n) is 40.0. The molecule has 1 heterocycles. The number of primary amides is 2. The molecule has 0 fully saturated rings. The fraction of sp³-hybridized carbons (Fsp3) is 0.396. The van der Waals surface area contributed by atoms with E-state index in [0.717, 1.165) is 26.9 Å². The number of hydrogen-bond donors (Lipinski definition) is 13. The van der Waals surface area contributed by atoms with Crippen molar-refractivity contribution in [2.75, 3.05) is 20.2 Å². The van der Waals surface area contributed by atoms with E-state index in [1.165, 1.54) is 7.05 Å². The summed E-state index contributed by atoms with van der Waals surface area (Å²) >= 11 is 0. The number of carbonyl (C=O) groups is 8. The number of aromatic nitrogens is 1. The van der Waals surface area contributed by atoms with Gasteiger partial charge in [0.05, 0.1) is 19.1 Å². The second-order valence-electron chi connectivity index (χ2n) is 17.3. The van der Waals surface area contributed by atoms with Crippen LogP contribution in [0.25, 0.3) is 10.9 Å². The number of nitrogens with two attached hydrogens (primary N) is 4. The third kappa shape index (κ3) is 18.1. The van der Waals surface area contributed by atoms with E-state index in [-0.39, 0.29) is 57.1 Å². The molecule has 382 valence electrons. The molecule has 0 saturated heterocycles. The number of benzene rings is 3. The van der Waals surface area contributed by atoms with Gasteiger partial charge in [0.1, 0.15) is 30.2 Å². The van der Waals surface area contributed by atoms with Crippen LogP contribution in [0, 0.1) is 5.92 Å². The number of likely N-dealkylation sites (N-methyl/N-ethyl adjacent to an activating group) is 1. The number of nitrogens with zero attached hydrogens (tertiary/aromatic N) is 2. The maximum absolute atomic E-state index is 14.3. The van der Waals surface area contributed by atoms with Crippen LogP contribution in [0.4, 0.5) is 4.79 Å². The molecule has 0 spiro atoms. The molecule has 0 aliphatic rings. The van der Waals surface area contributed by atoms with Crippen molar-refractivity contribution in [3.05, 3.63) is 108 Å². The van der Waals surface area contributed by atoms with Crippen molar-refractivity contribution in [3.63, 3.8) is 0 Å². The topological polar surface area (TPSA) is 376 Å². The third-order valence-electron chi connectivity index (χ3n) is 11.3. The van der Waals surface area contributed by atoms with E-state index in [9.17, 15) is 43.5 Å². The highest BCUT2D eigenvalue weighted by molar-refractivity contribution is 5.96. The molecular formula is C48H66N14O9. The number of H-pyrrole nitrogens is 1. The molecule has 0 aliphatic heterocycles. The number of carbonyl (C=O) groups excluding carboxylic acids is 8. The molecule has 9 amide bonds. The zero-order valence-corrected chi connectivity index (χ0v) is 40.0. The number of aliphatic hydroxyl groups excluding tert-OH is 1. The van der Waals surface area contributed by atoms with Crippen LogP contribution in [0.5, 0.6) is 0 Å². The van der Waals surface area contributed by atoms with E-state index in [2.05, 4.69) is 47.4 Å². The number of hydrogen-bond acceptors (Lipinski definition) is 11. The van der Waals surface area contributed by atoms with Gasteiger partial charge in [-0.15, -0.1) is 0 Å². The monoisotopic (exact) mass is 983 g/mol. The molecule has 71 heavy (non-hydrogen) atoms. The number of aliphatic hydroxyl groups is 1. The van der Waals surface area contributed by atoms with E-state index < -0.39 is 96.7 Å². The summed E-state index contributed by atoms with van der Waals surface area (Å²) in [7, 11) is 1.37. The standard InChI is InChI=1S/C48H66N14O9/c1-28(2)21-37(46(70)62(3)39(19-12-20-53-47(51)52)45(69)56-34(41(50)65)23-31-26-55-33-18-11-10-17-32(31)33)59-48(71)61-60-44(68)36(22-29-13-6-4-7-14-29)57-43(67)38(27-63)58-42(66)35(24-40(49)64)54-25-30-15-8-5-9-16-30/h4-11,13-18,26,28,34-39,54-55,63H,12,19-25,27H2,1-3H3,(H2,49,64)(H2,50,65)(H,56,69)(H,57,67)(H,58,66)(H,60,68)(H4,51,52,53)(H2,59,61,71)/t34-,35-,36-,37-,38-,39-/m0/s1. The summed E-state index contributed by atoms with van der Waals surface area (Å²) in [6.45, 7) is 3.01. The minimum atomic E-state index is -1.59. The number of aliphatic imine (C=N–C) groups is 1. The Labute approximate surface area is 411 Å². The first-order chi connectivity index (χ1) is 33.9. The van der Waals surface area contributed by atoms with Crippen LogP contribution in [0.3, 0.4) is 0 Å². The number of fused-ring (bicyclic) bond motifs is 1. The van der Waals surface area contributed by atoms with E-state index in [1.54, 1.807) is 74.6 Å². The van der Waals surface area contributed by atoms with Gasteiger partial charge >= 0.3 is 6.03 Å². The van der Waals surface area contributed by atoms with Crippen molar-refractivity contribution in [1.82, 2.24) is 47.3 Å². The molecule has 23 nitrogen and oxygen atoms in total. The van der Waals surface area contributed by atoms with Crippen molar-refractivity contribution < 1.29 is 43.5 Å². The van der Waals surface area contributed by atoms with Gasteiger partial charge in [0, 0.05) is 50.1 Å². The van der Waals surface area contributed by atoms with Gasteiger partial charge < -0.3 is 64.5 Å². The van der Waals surface area contributed by atoms with Crippen molar-refractivity contribution in [3.8, 4) is 0 Å². The van der Waals surface area contributed by atoms with E-state index in [0.29, 0.717) is 5.56 Å². The lowest BCUT2D eigenvalue weighted by molar-refractivity contribution is -0.141. The number of nitrogens with one attached hydrogen (secondary N) is 8. The highest BCUT2D eigenvalue weighted by Crippen LogP contribution is 2.20. The van der Waals surface area contributed by atoms with Crippen LogP contribution in [-0.4, -0.2) is 125 Å². The maximum Gasteiger partial charge on any atom is 0.334 e. The Bertz CT molecular complexity index is 2470. The Morgan fingerprint density at radius 3 is 1.90 bits per heavy atom. The first-order valence-electron chi connectivity index (χ1n) is 23.0. The Morgan fingerprint density at radius 1 is 0.676 bits per heavy atom. The molecule has 0 aliphatic carbocycles. The lowest BCUT2D eigenvalue weighted by Gasteiger charge is -2.32. The molecule has 3 aromatic carbocycles. The minimum absolute atomic E-state index is 0.0362. The summed E-state index contributed by atoms with van der Waals surface area (Å²) in [5.74, 6) is -6.04. The SMILES string of the molecule is CC(C)C[C@H](NC(=O)NNC(=O)[C@H](Cc1ccccc1)NC(=O)[C@H](CO)NC(=O)[C@H](CC(N)=O)NCc1ccccc1)C(=O)N(C)[C@@H](CCCN=C(N)N)C(=O)N[C@@H](Cc1c[nH]c2ccccc12)C(N)=O. The van der Waals surface area contributed by atoms with E-state index in [4.69, 9.17) is 22.9 Å². The first-order valence-corrected chi connectivity index (χ1v) is 23.0. The van der Waals surface area contributed by atoms with Gasteiger partial charge in [-0.1, -0.05) is 92.7 Å². The Balaban J connectivity index is 1.46. The summed E-state index contributed by atoms with van der Waals surface area (Å²) in [5, 5.41) is 24.1. The Hall–Kier alpha value is -8.05. The van der Waals surface area contributed by atoms with Crippen LogP contribution >= 0.6 is 0 Å². The number of amides is 9. The predicted octanol–water partition coefficient (Wildman–Crippen LogP) is -1.46. The molecule has 17 N–H and O–H groups in total. The van der Waals surface area contributed by atoms with Crippen LogP contribution < -0.4 is 60.4 Å². The number of para-hydroxylation sites is 1. The van der Waals surface area contributed by atoms with E-state index >= 15 is 0 Å². The van der Waals surface area contributed by atoms with Gasteiger partial charge in [-0.25, -0.2) is 10.2 Å². The molecule has 1 aromatic heterocycles. The Morgan fingerprint density at radius 2 is 1.28 bits per heavy atom. The lowest BCUT2D eigenvalue weighted by atomic mass is 10.0. The lowest BCUT2D eigenvalue weighted by Crippen LogP contribution is -2.61. The van der Waals surface area contributed by atoms with Crippen LogP contribution in [0.1, 0.15) is 56.2 Å². The van der Waals surface area contributed by atoms with Crippen LogP contribution in [-0.2, 0) is 52.9 Å². The van der Waals surface area contributed by atoms with Gasteiger partial charge in [-0.05, 0) is 47.9 Å². The summed E-state index contributed by atoms with van der Waals surface area (Å²) in [4.78, 5) is 115. The van der Waals surface area contributed by atoms with Gasteiger partial charge in [-0.2, -0.15) is 0 Å². The smallest absolute Gasteiger partial charge is 0.334 e. The van der Waals surface area contributed by atoms with E-state index in [1.807, 2.05) is 30.3 Å². The Kier molecular flexibility index (Phi) is 21.8.